The summed E-state index contributed by atoms with van der Waals surface area (Å²) < 4.78 is 73.7. The van der Waals surface area contributed by atoms with E-state index in [1.165, 1.54) is 0 Å². The molecule has 3 aromatic rings. The number of benzene rings is 2. The Kier molecular flexibility index (Phi) is 5.58. The number of hydrogen-bond acceptors (Lipinski definition) is 3. The molecule has 2 aromatic carbocycles. The molecule has 0 saturated heterocycles. The number of hydrogen-bond donors (Lipinski definition) is 0. The van der Waals surface area contributed by atoms with Crippen molar-refractivity contribution in [3.63, 3.8) is 0 Å². The maximum atomic E-state index is 12.7. The van der Waals surface area contributed by atoms with Gasteiger partial charge in [-0.2, -0.15) is 17.7 Å². The molecule has 0 aliphatic rings. The Labute approximate surface area is 141 Å². The Morgan fingerprint density at radius 2 is 1.32 bits per heavy atom. The molecule has 0 unspecified atom stereocenters. The van der Waals surface area contributed by atoms with Crippen molar-refractivity contribution < 1.29 is 35.1 Å². The minimum Gasteiger partial charge on any atom is -0.741 e. The summed E-state index contributed by atoms with van der Waals surface area (Å²) in [7, 11) is -6.09. The maximum Gasteiger partial charge on any atom is 0.485 e. The molecule has 0 bridgehead atoms. The van der Waals surface area contributed by atoms with Crippen LogP contribution in [0.25, 0.3) is 21.8 Å². The Morgan fingerprint density at radius 1 is 0.920 bits per heavy atom. The van der Waals surface area contributed by atoms with Gasteiger partial charge in [0.05, 0.1) is 0 Å². The highest BCUT2D eigenvalue weighted by molar-refractivity contribution is 7.86. The van der Waals surface area contributed by atoms with Crippen LogP contribution in [-0.2, 0) is 16.7 Å². The molecule has 0 radical (unpaired) electrons. The molecule has 0 atom stereocenters. The SMILES string of the molecule is FCC[n+]1c2ccccc2cc2ccccc21.O=S(=O)([O-])C(F)(F)F. The summed E-state index contributed by atoms with van der Waals surface area (Å²) >= 11 is 0. The number of nitrogens with zero attached hydrogens (tertiary/aromatic N) is 1. The Morgan fingerprint density at radius 3 is 1.68 bits per heavy atom. The second-order valence-electron chi connectivity index (χ2n) is 5.00. The summed E-state index contributed by atoms with van der Waals surface area (Å²) in [5, 5.41) is 2.30. The maximum absolute atomic E-state index is 12.7. The third kappa shape index (κ3) is 4.43. The van der Waals surface area contributed by atoms with Crippen LogP contribution >= 0.6 is 0 Å². The minimum atomic E-state index is -6.09. The van der Waals surface area contributed by atoms with Gasteiger partial charge in [0.1, 0.15) is 6.67 Å². The summed E-state index contributed by atoms with van der Waals surface area (Å²) in [6.45, 7) is 0.0601. The van der Waals surface area contributed by atoms with Gasteiger partial charge in [0.15, 0.2) is 16.7 Å². The van der Waals surface area contributed by atoms with E-state index < -0.39 is 15.6 Å². The molecule has 4 nitrogen and oxygen atoms in total. The van der Waals surface area contributed by atoms with Gasteiger partial charge in [0.25, 0.3) is 0 Å². The van der Waals surface area contributed by atoms with Crippen molar-refractivity contribution in [3.05, 3.63) is 54.6 Å². The molecule has 0 saturated carbocycles. The van der Waals surface area contributed by atoms with Crippen molar-refractivity contribution >= 4 is 31.9 Å². The van der Waals surface area contributed by atoms with Crippen molar-refractivity contribution in [1.82, 2.24) is 0 Å². The first-order valence-corrected chi connectivity index (χ1v) is 8.44. The van der Waals surface area contributed by atoms with Crippen molar-refractivity contribution in [3.8, 4) is 0 Å². The summed E-state index contributed by atoms with van der Waals surface area (Å²) in [4.78, 5) is 0. The zero-order chi connectivity index (χ0) is 18.7. The average molecular weight is 375 g/mol. The van der Waals surface area contributed by atoms with E-state index in [0.717, 1.165) is 21.8 Å². The van der Waals surface area contributed by atoms with Crippen LogP contribution in [-0.4, -0.2) is 25.2 Å². The third-order valence-electron chi connectivity index (χ3n) is 3.36. The van der Waals surface area contributed by atoms with Gasteiger partial charge in [-0.1, -0.05) is 24.3 Å². The molecular weight excluding hydrogens is 362 g/mol. The second kappa shape index (κ2) is 7.32. The lowest BCUT2D eigenvalue weighted by Crippen LogP contribution is -2.36. The highest BCUT2D eigenvalue weighted by Crippen LogP contribution is 2.20. The first-order valence-electron chi connectivity index (χ1n) is 7.03. The molecule has 25 heavy (non-hydrogen) atoms. The van der Waals surface area contributed by atoms with Crippen LogP contribution in [0.3, 0.4) is 0 Å². The predicted molar refractivity (Wildman–Crippen MR) is 83.4 cm³/mol. The monoisotopic (exact) mass is 375 g/mol. The van der Waals surface area contributed by atoms with Crippen LogP contribution in [0.5, 0.6) is 0 Å². The first-order chi connectivity index (χ1) is 11.6. The van der Waals surface area contributed by atoms with Gasteiger partial charge in [0.2, 0.25) is 11.0 Å². The lowest BCUT2D eigenvalue weighted by Gasteiger charge is -2.08. The molecule has 0 N–H and O–H groups in total. The zero-order valence-corrected chi connectivity index (χ0v) is 13.5. The predicted octanol–water partition coefficient (Wildman–Crippen LogP) is 3.30. The molecule has 0 aliphatic carbocycles. The minimum absolute atomic E-state index is 0.345. The molecule has 134 valence electrons. The van der Waals surface area contributed by atoms with Crippen LogP contribution in [0.15, 0.2) is 54.6 Å². The summed E-state index contributed by atoms with van der Waals surface area (Å²) in [6, 6.07) is 18.4. The number of alkyl halides is 4. The lowest BCUT2D eigenvalue weighted by molar-refractivity contribution is -0.645. The standard InChI is InChI=1S/C15H13FN.CHF3O3S/c16-9-10-17-14-7-3-1-5-12(14)11-13-6-2-4-8-15(13)17;2-1(3,4)8(5,6)7/h1-8,11H,9-10H2;(H,5,6,7)/q+1;/p-1. The molecule has 3 rings (SSSR count). The Hall–Kier alpha value is -2.26. The van der Waals surface area contributed by atoms with E-state index >= 15 is 0 Å². The van der Waals surface area contributed by atoms with Crippen LogP contribution in [0.1, 0.15) is 0 Å². The highest BCUT2D eigenvalue weighted by Gasteiger charge is 2.36. The number of fused-ring (bicyclic) bond motifs is 2. The van der Waals surface area contributed by atoms with Gasteiger partial charge in [-0.05, 0) is 18.2 Å². The average Bonchev–Trinajstić information content (AvgIpc) is 2.53. The van der Waals surface area contributed by atoms with Gasteiger partial charge in [0, 0.05) is 22.9 Å². The molecule has 0 fully saturated rings. The number of para-hydroxylation sites is 2. The smallest absolute Gasteiger partial charge is 0.485 e. The van der Waals surface area contributed by atoms with E-state index in [2.05, 4.69) is 18.2 Å². The number of pyridine rings is 1. The van der Waals surface area contributed by atoms with E-state index in [1.54, 1.807) is 0 Å². The van der Waals surface area contributed by atoms with E-state index in [4.69, 9.17) is 13.0 Å². The van der Waals surface area contributed by atoms with Crippen molar-refractivity contribution in [1.29, 1.82) is 0 Å². The van der Waals surface area contributed by atoms with Gasteiger partial charge in [-0.15, -0.1) is 0 Å². The Balaban J connectivity index is 0.000000242. The second-order valence-corrected chi connectivity index (χ2v) is 6.37. The quantitative estimate of drug-likeness (QED) is 0.227. The number of aromatic nitrogens is 1. The summed E-state index contributed by atoms with van der Waals surface area (Å²) in [6.07, 6.45) is 0. The largest absolute Gasteiger partial charge is 0.741 e. The van der Waals surface area contributed by atoms with Gasteiger partial charge >= 0.3 is 5.51 Å². The fourth-order valence-corrected chi connectivity index (χ4v) is 2.33. The first kappa shape index (κ1) is 19.1. The van der Waals surface area contributed by atoms with E-state index in [1.807, 2.05) is 41.0 Å². The molecule has 1 heterocycles. The fourth-order valence-electron chi connectivity index (χ4n) is 2.33. The molecular formula is C16H13F4NO3S. The molecule has 0 amide bonds. The molecule has 0 spiro atoms. The van der Waals surface area contributed by atoms with Gasteiger partial charge < -0.3 is 4.55 Å². The summed E-state index contributed by atoms with van der Waals surface area (Å²) in [5.41, 5.74) is -3.47. The molecule has 0 aliphatic heterocycles. The fraction of sp³-hybridized carbons (Fsp3) is 0.188. The van der Waals surface area contributed by atoms with Crippen molar-refractivity contribution in [2.45, 2.75) is 12.1 Å². The van der Waals surface area contributed by atoms with Crippen LogP contribution in [0, 0.1) is 0 Å². The highest BCUT2D eigenvalue weighted by atomic mass is 32.2. The molecule has 9 heteroatoms. The van der Waals surface area contributed by atoms with Crippen LogP contribution < -0.4 is 4.57 Å². The Bertz CT molecular complexity index is 933. The van der Waals surface area contributed by atoms with Crippen molar-refractivity contribution in [2.75, 3.05) is 6.67 Å². The zero-order valence-electron chi connectivity index (χ0n) is 12.7. The van der Waals surface area contributed by atoms with Gasteiger partial charge in [-0.25, -0.2) is 12.8 Å². The van der Waals surface area contributed by atoms with E-state index in [0.29, 0.717) is 6.54 Å². The number of halogens is 4. The normalized spacial score (nSPS) is 12.0. The van der Waals surface area contributed by atoms with Crippen LogP contribution in [0.4, 0.5) is 17.6 Å². The van der Waals surface area contributed by atoms with Crippen molar-refractivity contribution in [2.24, 2.45) is 0 Å². The lowest BCUT2D eigenvalue weighted by atomic mass is 10.1. The topological polar surface area (TPSA) is 61.1 Å². The number of aryl methyl sites for hydroxylation is 1. The summed E-state index contributed by atoms with van der Waals surface area (Å²) in [5.74, 6) is 0. The van der Waals surface area contributed by atoms with E-state index in [-0.39, 0.29) is 6.67 Å². The third-order valence-corrected chi connectivity index (χ3v) is 3.92. The van der Waals surface area contributed by atoms with E-state index in [9.17, 15) is 17.6 Å². The van der Waals surface area contributed by atoms with Crippen LogP contribution in [0.2, 0.25) is 0 Å². The number of rotatable bonds is 2. The molecule has 1 aromatic heterocycles. The van der Waals surface area contributed by atoms with Gasteiger partial charge in [-0.3, -0.25) is 0 Å².